The van der Waals surface area contributed by atoms with Crippen molar-refractivity contribution in [3.05, 3.63) is 108 Å². The highest BCUT2D eigenvalue weighted by atomic mass is 19.1. The van der Waals surface area contributed by atoms with Gasteiger partial charge in [0.25, 0.3) is 0 Å². The largest absolute Gasteiger partial charge is 0.505 e. The molecule has 3 fully saturated rings. The van der Waals surface area contributed by atoms with Crippen LogP contribution in [0.2, 0.25) is 0 Å². The molecule has 3 aromatic carbocycles. The standard InChI is InChI=1S/C35H29FN2O5/c1-3-19-9-12-22(13-10-19)37-31(40)24-15-14-23-25(29(24)33(37)42)18-26-32(41)38(21-7-5-4-6-8-21)34(43)35(26,2)30(23)20-11-16-28(39)27(36)17-20/h3-14,16-17,24-26,29-30,39H,1,15,18H2,2H3. The number of phenolic OH excluding ortho intramolecular Hbond substituents is 1. The second kappa shape index (κ2) is 9.59. The Bertz CT molecular complexity index is 1750. The van der Waals surface area contributed by atoms with Crippen LogP contribution < -0.4 is 9.80 Å². The van der Waals surface area contributed by atoms with E-state index in [2.05, 4.69) is 6.58 Å². The molecule has 216 valence electrons. The number of nitrogens with zero attached hydrogens (tertiary/aromatic N) is 2. The normalized spacial score (nSPS) is 29.7. The molecule has 1 N–H and O–H groups in total. The van der Waals surface area contributed by atoms with E-state index in [1.165, 1.54) is 21.9 Å². The predicted molar refractivity (Wildman–Crippen MR) is 158 cm³/mol. The maximum atomic E-state index is 14.8. The van der Waals surface area contributed by atoms with Gasteiger partial charge in [-0.15, -0.1) is 0 Å². The summed E-state index contributed by atoms with van der Waals surface area (Å²) in [6, 6.07) is 19.7. The Labute approximate surface area is 247 Å². The number of carbonyl (C=O) groups excluding carboxylic acids is 4. The molecule has 0 bridgehead atoms. The number of benzene rings is 3. The predicted octanol–water partition coefficient (Wildman–Crippen LogP) is 5.61. The van der Waals surface area contributed by atoms with Crippen LogP contribution in [0, 0.1) is 34.9 Å². The summed E-state index contributed by atoms with van der Waals surface area (Å²) in [4.78, 5) is 58.7. The topological polar surface area (TPSA) is 95.0 Å². The Kier molecular flexibility index (Phi) is 6.02. The third kappa shape index (κ3) is 3.72. The number of halogens is 1. The van der Waals surface area contributed by atoms with Crippen LogP contribution >= 0.6 is 0 Å². The molecule has 7 rings (SSSR count). The Hall–Kier alpha value is -4.85. The molecule has 2 aliphatic carbocycles. The summed E-state index contributed by atoms with van der Waals surface area (Å²) in [5.74, 6) is -6.19. The van der Waals surface area contributed by atoms with Gasteiger partial charge in [-0.3, -0.25) is 24.1 Å². The molecule has 0 spiro atoms. The van der Waals surface area contributed by atoms with E-state index in [1.807, 2.05) is 6.08 Å². The number of carbonyl (C=O) groups is 4. The third-order valence-electron chi connectivity index (χ3n) is 9.98. The summed E-state index contributed by atoms with van der Waals surface area (Å²) in [5.41, 5.74) is 1.67. The average Bonchev–Trinajstić information content (AvgIpc) is 3.38. The lowest BCUT2D eigenvalue weighted by Gasteiger charge is -2.49. The molecule has 4 aliphatic rings. The number of aromatic hydroxyl groups is 1. The first-order valence-electron chi connectivity index (χ1n) is 14.4. The van der Waals surface area contributed by atoms with Crippen molar-refractivity contribution in [1.29, 1.82) is 0 Å². The van der Waals surface area contributed by atoms with Crippen molar-refractivity contribution in [2.75, 3.05) is 9.80 Å². The van der Waals surface area contributed by atoms with Crippen molar-refractivity contribution in [3.63, 3.8) is 0 Å². The van der Waals surface area contributed by atoms with Gasteiger partial charge in [-0.1, -0.05) is 60.7 Å². The lowest BCUT2D eigenvalue weighted by Crippen LogP contribution is -2.48. The first-order valence-corrected chi connectivity index (χ1v) is 14.4. The molecule has 0 radical (unpaired) electrons. The summed E-state index contributed by atoms with van der Waals surface area (Å²) in [5, 5.41) is 9.96. The molecule has 2 heterocycles. The highest BCUT2D eigenvalue weighted by Crippen LogP contribution is 2.63. The van der Waals surface area contributed by atoms with Crippen LogP contribution in [0.5, 0.6) is 5.75 Å². The SMILES string of the molecule is C=Cc1ccc(N2C(=O)C3CC=C4C(CC5C(=O)N(c6ccccc6)C(=O)C5(C)C4c4ccc(O)c(F)c4)C3C2=O)cc1. The average molecular weight is 577 g/mol. The summed E-state index contributed by atoms with van der Waals surface area (Å²) < 4.78 is 14.8. The van der Waals surface area contributed by atoms with Gasteiger partial charge in [0.2, 0.25) is 23.6 Å². The molecular formula is C35H29FN2O5. The van der Waals surface area contributed by atoms with Crippen molar-refractivity contribution < 1.29 is 28.7 Å². The zero-order valence-electron chi connectivity index (χ0n) is 23.4. The Morgan fingerprint density at radius 2 is 1.58 bits per heavy atom. The first kappa shape index (κ1) is 27.0. The van der Waals surface area contributed by atoms with Gasteiger partial charge < -0.3 is 5.11 Å². The van der Waals surface area contributed by atoms with Crippen LogP contribution in [0.4, 0.5) is 15.8 Å². The van der Waals surface area contributed by atoms with Crippen molar-refractivity contribution >= 4 is 41.1 Å². The fraction of sp³-hybridized carbons (Fsp3) is 0.257. The van der Waals surface area contributed by atoms with E-state index in [4.69, 9.17) is 0 Å². The molecule has 2 saturated heterocycles. The summed E-state index contributed by atoms with van der Waals surface area (Å²) in [7, 11) is 0. The smallest absolute Gasteiger partial charge is 0.241 e. The van der Waals surface area contributed by atoms with E-state index >= 15 is 0 Å². The van der Waals surface area contributed by atoms with E-state index in [0.717, 1.165) is 11.1 Å². The van der Waals surface area contributed by atoms with Crippen molar-refractivity contribution in [3.8, 4) is 5.75 Å². The van der Waals surface area contributed by atoms with Gasteiger partial charge in [0.1, 0.15) is 0 Å². The number of para-hydroxylation sites is 1. The molecule has 8 heteroatoms. The van der Waals surface area contributed by atoms with Gasteiger partial charge in [0.05, 0.1) is 34.5 Å². The number of anilines is 2. The summed E-state index contributed by atoms with van der Waals surface area (Å²) >= 11 is 0. The quantitative estimate of drug-likeness (QED) is 0.322. The number of allylic oxidation sites excluding steroid dienone is 2. The minimum atomic E-state index is -1.28. The number of imide groups is 2. The second-order valence-corrected chi connectivity index (χ2v) is 12.0. The zero-order chi connectivity index (χ0) is 30.2. The van der Waals surface area contributed by atoms with Crippen molar-refractivity contribution in [1.82, 2.24) is 0 Å². The first-order chi connectivity index (χ1) is 20.7. The Morgan fingerprint density at radius 3 is 2.26 bits per heavy atom. The molecule has 7 nitrogen and oxygen atoms in total. The monoisotopic (exact) mass is 576 g/mol. The van der Waals surface area contributed by atoms with Crippen LogP contribution in [-0.4, -0.2) is 28.7 Å². The van der Waals surface area contributed by atoms with Crippen LogP contribution in [0.3, 0.4) is 0 Å². The summed E-state index contributed by atoms with van der Waals surface area (Å²) in [6.45, 7) is 5.50. The van der Waals surface area contributed by atoms with Gasteiger partial charge in [-0.05, 0) is 73.2 Å². The van der Waals surface area contributed by atoms with Crippen LogP contribution in [0.1, 0.15) is 36.8 Å². The highest BCUT2D eigenvalue weighted by molar-refractivity contribution is 6.25. The van der Waals surface area contributed by atoms with Gasteiger partial charge in [0.15, 0.2) is 11.6 Å². The molecule has 43 heavy (non-hydrogen) atoms. The minimum absolute atomic E-state index is 0.205. The fourth-order valence-electron chi connectivity index (χ4n) is 7.94. The van der Waals surface area contributed by atoms with E-state index in [1.54, 1.807) is 73.7 Å². The third-order valence-corrected chi connectivity index (χ3v) is 9.98. The number of hydrogen-bond donors (Lipinski definition) is 1. The van der Waals surface area contributed by atoms with Crippen LogP contribution in [0.25, 0.3) is 6.08 Å². The number of fused-ring (bicyclic) bond motifs is 4. The number of phenols is 1. The van der Waals surface area contributed by atoms with E-state index < -0.39 is 52.5 Å². The molecule has 6 unspecified atom stereocenters. The Balaban J connectivity index is 1.36. The van der Waals surface area contributed by atoms with Gasteiger partial charge in [-0.2, -0.15) is 0 Å². The molecular weight excluding hydrogens is 547 g/mol. The Morgan fingerprint density at radius 1 is 0.884 bits per heavy atom. The van der Waals surface area contributed by atoms with Crippen molar-refractivity contribution in [2.24, 2.45) is 29.1 Å². The van der Waals surface area contributed by atoms with Gasteiger partial charge in [0, 0.05) is 5.92 Å². The highest BCUT2D eigenvalue weighted by Gasteiger charge is 2.67. The van der Waals surface area contributed by atoms with E-state index in [0.29, 0.717) is 16.9 Å². The molecule has 2 aliphatic heterocycles. The molecule has 1 saturated carbocycles. The molecule has 0 aromatic heterocycles. The molecule has 4 amide bonds. The second-order valence-electron chi connectivity index (χ2n) is 12.0. The zero-order valence-corrected chi connectivity index (χ0v) is 23.4. The molecule has 3 aromatic rings. The maximum absolute atomic E-state index is 14.8. The van der Waals surface area contributed by atoms with Crippen molar-refractivity contribution in [2.45, 2.75) is 25.7 Å². The maximum Gasteiger partial charge on any atom is 0.241 e. The summed E-state index contributed by atoms with van der Waals surface area (Å²) in [6.07, 6.45) is 4.08. The van der Waals surface area contributed by atoms with E-state index in [9.17, 15) is 28.7 Å². The van der Waals surface area contributed by atoms with Gasteiger partial charge in [-0.25, -0.2) is 9.29 Å². The minimum Gasteiger partial charge on any atom is -0.505 e. The number of hydrogen-bond acceptors (Lipinski definition) is 5. The lowest BCUT2D eigenvalue weighted by molar-refractivity contribution is -0.131. The molecule has 6 atom stereocenters. The van der Waals surface area contributed by atoms with E-state index in [-0.39, 0.29) is 30.6 Å². The lowest BCUT2D eigenvalue weighted by atomic mass is 9.51. The van der Waals surface area contributed by atoms with Gasteiger partial charge >= 0.3 is 0 Å². The number of rotatable bonds is 4. The fourth-order valence-corrected chi connectivity index (χ4v) is 7.94. The number of amides is 4. The van der Waals surface area contributed by atoms with Crippen LogP contribution in [0.15, 0.2) is 91.0 Å². The van der Waals surface area contributed by atoms with Crippen LogP contribution in [-0.2, 0) is 19.2 Å².